The van der Waals surface area contributed by atoms with Crippen LogP contribution in [-0.2, 0) is 11.3 Å². The normalized spacial score (nSPS) is 17.1. The summed E-state index contributed by atoms with van der Waals surface area (Å²) >= 11 is 0. The van der Waals surface area contributed by atoms with Gasteiger partial charge in [0.15, 0.2) is 0 Å². The van der Waals surface area contributed by atoms with E-state index in [1.165, 1.54) is 31.5 Å². The van der Waals surface area contributed by atoms with E-state index < -0.39 is 0 Å². The summed E-state index contributed by atoms with van der Waals surface area (Å²) in [6.45, 7) is 7.49. The number of hydrogen-bond donors (Lipinski definition) is 1. The Balaban J connectivity index is 1.88. The molecule has 0 bridgehead atoms. The zero-order valence-electron chi connectivity index (χ0n) is 13.5. The minimum atomic E-state index is 0.342. The molecule has 0 aromatic heterocycles. The Morgan fingerprint density at radius 3 is 2.67 bits per heavy atom. The Bertz CT molecular complexity index is 431. The summed E-state index contributed by atoms with van der Waals surface area (Å²) in [6.07, 6.45) is 2.71. The predicted molar refractivity (Wildman–Crippen MR) is 85.8 cm³/mol. The summed E-state index contributed by atoms with van der Waals surface area (Å²) in [7, 11) is 3.41. The molecule has 0 radical (unpaired) electrons. The van der Waals surface area contributed by atoms with Gasteiger partial charge in [-0.15, -0.1) is 0 Å². The smallest absolute Gasteiger partial charge is 0.124 e. The molecule has 0 amide bonds. The molecular formula is C17H28N2O2. The van der Waals surface area contributed by atoms with Crippen LogP contribution in [-0.4, -0.2) is 45.3 Å². The molecule has 2 rings (SSSR count). The number of ether oxygens (including phenoxy) is 2. The summed E-state index contributed by atoms with van der Waals surface area (Å²) in [4.78, 5) is 2.53. The van der Waals surface area contributed by atoms with Crippen molar-refractivity contribution in [1.82, 2.24) is 10.2 Å². The number of benzene rings is 1. The van der Waals surface area contributed by atoms with E-state index in [0.29, 0.717) is 12.6 Å². The number of nitrogens with one attached hydrogen (secondary N) is 1. The second-order valence-electron chi connectivity index (χ2n) is 5.73. The molecular weight excluding hydrogens is 264 g/mol. The van der Waals surface area contributed by atoms with Crippen LogP contribution in [0.2, 0.25) is 0 Å². The van der Waals surface area contributed by atoms with E-state index in [4.69, 9.17) is 9.47 Å². The first-order chi connectivity index (χ1) is 10.2. The Kier molecular flexibility index (Phi) is 6.49. The maximum atomic E-state index is 5.37. The first kappa shape index (κ1) is 16.3. The second-order valence-corrected chi connectivity index (χ2v) is 5.73. The van der Waals surface area contributed by atoms with Gasteiger partial charge in [-0.3, -0.25) is 0 Å². The quantitative estimate of drug-likeness (QED) is 0.798. The maximum Gasteiger partial charge on any atom is 0.124 e. The summed E-state index contributed by atoms with van der Waals surface area (Å²) in [5.74, 6) is 0.893. The van der Waals surface area contributed by atoms with Crippen LogP contribution < -0.4 is 10.1 Å². The lowest BCUT2D eigenvalue weighted by molar-refractivity contribution is 0.181. The van der Waals surface area contributed by atoms with Gasteiger partial charge in [0.05, 0.1) is 13.7 Å². The van der Waals surface area contributed by atoms with E-state index >= 15 is 0 Å². The van der Waals surface area contributed by atoms with E-state index in [9.17, 15) is 0 Å². The molecule has 1 N–H and O–H groups in total. The van der Waals surface area contributed by atoms with Crippen molar-refractivity contribution in [3.63, 3.8) is 0 Å². The van der Waals surface area contributed by atoms with Crippen molar-refractivity contribution in [2.24, 2.45) is 0 Å². The van der Waals surface area contributed by atoms with Crippen LogP contribution in [0, 0.1) is 0 Å². The SMILES string of the molecule is COCc1cc(C(C)NCCN2CCCC2)ccc1OC. The van der Waals surface area contributed by atoms with Crippen molar-refractivity contribution in [3.05, 3.63) is 29.3 Å². The van der Waals surface area contributed by atoms with Gasteiger partial charge >= 0.3 is 0 Å². The van der Waals surface area contributed by atoms with Crippen LogP contribution in [0.25, 0.3) is 0 Å². The van der Waals surface area contributed by atoms with Gasteiger partial charge in [-0.05, 0) is 50.6 Å². The molecule has 1 aliphatic heterocycles. The maximum absolute atomic E-state index is 5.37. The Hall–Kier alpha value is -1.10. The standard InChI is InChI=1S/C17H28N2O2/c1-14(18-8-11-19-9-4-5-10-19)15-6-7-17(21-3)16(12-15)13-20-2/h6-7,12,14,18H,4-5,8-11,13H2,1-3H3. The first-order valence-electron chi connectivity index (χ1n) is 7.86. The highest BCUT2D eigenvalue weighted by Crippen LogP contribution is 2.24. The van der Waals surface area contributed by atoms with Crippen molar-refractivity contribution in [2.75, 3.05) is 40.4 Å². The highest BCUT2D eigenvalue weighted by atomic mass is 16.5. The zero-order chi connectivity index (χ0) is 15.1. The van der Waals surface area contributed by atoms with Gasteiger partial charge < -0.3 is 19.7 Å². The minimum absolute atomic E-state index is 0.342. The van der Waals surface area contributed by atoms with Crippen LogP contribution in [0.5, 0.6) is 5.75 Å². The van der Waals surface area contributed by atoms with Gasteiger partial charge in [-0.2, -0.15) is 0 Å². The number of methoxy groups -OCH3 is 2. The van der Waals surface area contributed by atoms with E-state index in [0.717, 1.165) is 24.4 Å². The van der Waals surface area contributed by atoms with Crippen LogP contribution in [0.1, 0.15) is 36.9 Å². The van der Waals surface area contributed by atoms with Gasteiger partial charge in [-0.25, -0.2) is 0 Å². The van der Waals surface area contributed by atoms with Crippen molar-refractivity contribution in [1.29, 1.82) is 0 Å². The third-order valence-corrected chi connectivity index (χ3v) is 4.18. The van der Waals surface area contributed by atoms with Crippen molar-refractivity contribution in [3.8, 4) is 5.75 Å². The van der Waals surface area contributed by atoms with Gasteiger partial charge in [0.2, 0.25) is 0 Å². The largest absolute Gasteiger partial charge is 0.496 e. The topological polar surface area (TPSA) is 33.7 Å². The average molecular weight is 292 g/mol. The summed E-state index contributed by atoms with van der Waals surface area (Å²) in [5, 5.41) is 3.61. The van der Waals surface area contributed by atoms with E-state index in [2.05, 4.69) is 29.3 Å². The lowest BCUT2D eigenvalue weighted by Crippen LogP contribution is -2.31. The second kappa shape index (κ2) is 8.37. The molecule has 1 saturated heterocycles. The Morgan fingerprint density at radius 1 is 1.24 bits per heavy atom. The number of nitrogens with zero attached hydrogens (tertiary/aromatic N) is 1. The molecule has 4 heteroatoms. The molecule has 0 aliphatic carbocycles. The molecule has 0 saturated carbocycles. The highest BCUT2D eigenvalue weighted by molar-refractivity contribution is 5.38. The van der Waals surface area contributed by atoms with Crippen LogP contribution in [0.4, 0.5) is 0 Å². The molecule has 1 aliphatic rings. The molecule has 1 aromatic carbocycles. The minimum Gasteiger partial charge on any atom is -0.496 e. The lowest BCUT2D eigenvalue weighted by atomic mass is 10.0. The summed E-state index contributed by atoms with van der Waals surface area (Å²) in [5.41, 5.74) is 2.38. The van der Waals surface area contributed by atoms with Gasteiger partial charge in [0.25, 0.3) is 0 Å². The highest BCUT2D eigenvalue weighted by Gasteiger charge is 2.12. The number of rotatable bonds is 8. The Morgan fingerprint density at radius 2 is 2.00 bits per heavy atom. The molecule has 0 spiro atoms. The molecule has 1 aromatic rings. The summed E-state index contributed by atoms with van der Waals surface area (Å²) < 4.78 is 10.6. The number of hydrogen-bond acceptors (Lipinski definition) is 4. The van der Waals surface area contributed by atoms with E-state index in [-0.39, 0.29) is 0 Å². The molecule has 1 fully saturated rings. The third-order valence-electron chi connectivity index (χ3n) is 4.18. The fraction of sp³-hybridized carbons (Fsp3) is 0.647. The van der Waals surface area contributed by atoms with Crippen LogP contribution in [0.3, 0.4) is 0 Å². The first-order valence-corrected chi connectivity index (χ1v) is 7.86. The van der Waals surface area contributed by atoms with Crippen molar-refractivity contribution in [2.45, 2.75) is 32.4 Å². The molecule has 1 atom stereocenters. The van der Waals surface area contributed by atoms with Gasteiger partial charge in [0, 0.05) is 31.8 Å². The van der Waals surface area contributed by atoms with E-state index in [1.807, 2.05) is 6.07 Å². The average Bonchev–Trinajstić information content (AvgIpc) is 3.00. The predicted octanol–water partition coefficient (Wildman–Crippen LogP) is 2.59. The van der Waals surface area contributed by atoms with Crippen LogP contribution in [0.15, 0.2) is 18.2 Å². The van der Waals surface area contributed by atoms with Crippen LogP contribution >= 0.6 is 0 Å². The lowest BCUT2D eigenvalue weighted by Gasteiger charge is -2.19. The molecule has 21 heavy (non-hydrogen) atoms. The molecule has 118 valence electrons. The van der Waals surface area contributed by atoms with Crippen molar-refractivity contribution >= 4 is 0 Å². The molecule has 1 unspecified atom stereocenters. The molecule has 1 heterocycles. The van der Waals surface area contributed by atoms with Crippen molar-refractivity contribution < 1.29 is 9.47 Å². The van der Waals surface area contributed by atoms with Gasteiger partial charge in [-0.1, -0.05) is 6.07 Å². The summed E-state index contributed by atoms with van der Waals surface area (Å²) in [6, 6.07) is 6.68. The number of likely N-dealkylation sites (tertiary alicyclic amines) is 1. The van der Waals surface area contributed by atoms with Gasteiger partial charge in [0.1, 0.15) is 5.75 Å². The van der Waals surface area contributed by atoms with E-state index in [1.54, 1.807) is 14.2 Å². The molecule has 4 nitrogen and oxygen atoms in total. The fourth-order valence-corrected chi connectivity index (χ4v) is 2.90. The zero-order valence-corrected chi connectivity index (χ0v) is 13.5. The monoisotopic (exact) mass is 292 g/mol. The fourth-order valence-electron chi connectivity index (χ4n) is 2.90. The Labute approximate surface area is 128 Å². The third kappa shape index (κ3) is 4.70.